The van der Waals surface area contributed by atoms with Crippen molar-refractivity contribution in [3.05, 3.63) is 16.1 Å². The van der Waals surface area contributed by atoms with Crippen LogP contribution in [0.2, 0.25) is 0 Å². The monoisotopic (exact) mass is 280 g/mol. The Morgan fingerprint density at radius 2 is 1.89 bits per heavy atom. The lowest BCUT2D eigenvalue weighted by Gasteiger charge is -2.25. The maximum absolute atomic E-state index is 4.94. The van der Waals surface area contributed by atoms with Crippen LogP contribution in [-0.2, 0) is 5.41 Å². The van der Waals surface area contributed by atoms with Gasteiger partial charge in [-0.2, -0.15) is 0 Å². The molecule has 1 heterocycles. The van der Waals surface area contributed by atoms with Gasteiger partial charge in [-0.25, -0.2) is 4.98 Å². The van der Waals surface area contributed by atoms with Gasteiger partial charge in [-0.05, 0) is 18.8 Å². The molecule has 3 heteroatoms. The molecule has 0 aromatic carbocycles. The van der Waals surface area contributed by atoms with Crippen molar-refractivity contribution in [2.24, 2.45) is 5.92 Å². The number of hydrogen-bond acceptors (Lipinski definition) is 3. The molecule has 1 N–H and O–H groups in total. The first kappa shape index (κ1) is 15.0. The van der Waals surface area contributed by atoms with Gasteiger partial charge >= 0.3 is 0 Å². The minimum Gasteiger partial charge on any atom is -0.305 e. The van der Waals surface area contributed by atoms with E-state index >= 15 is 0 Å². The Morgan fingerprint density at radius 3 is 2.37 bits per heavy atom. The fourth-order valence-corrected chi connectivity index (χ4v) is 4.03. The molecule has 19 heavy (non-hydrogen) atoms. The van der Waals surface area contributed by atoms with E-state index in [0.717, 1.165) is 5.92 Å². The number of hydrogen-bond donors (Lipinski definition) is 1. The number of rotatable bonds is 4. The van der Waals surface area contributed by atoms with Gasteiger partial charge in [-0.15, -0.1) is 11.3 Å². The van der Waals surface area contributed by atoms with E-state index in [0.29, 0.717) is 12.1 Å². The van der Waals surface area contributed by atoms with E-state index in [4.69, 9.17) is 4.98 Å². The van der Waals surface area contributed by atoms with Gasteiger partial charge in [-0.3, -0.25) is 0 Å². The van der Waals surface area contributed by atoms with Gasteiger partial charge in [0.1, 0.15) is 5.01 Å². The summed E-state index contributed by atoms with van der Waals surface area (Å²) in [6.07, 6.45) is 5.49. The molecule has 1 aliphatic carbocycles. The fraction of sp³-hybridized carbons (Fsp3) is 0.812. The lowest BCUT2D eigenvalue weighted by Crippen LogP contribution is -2.32. The van der Waals surface area contributed by atoms with E-state index in [1.54, 1.807) is 0 Å². The third-order valence-corrected chi connectivity index (χ3v) is 4.87. The first-order valence-electron chi connectivity index (χ1n) is 7.60. The van der Waals surface area contributed by atoms with Crippen LogP contribution in [0.25, 0.3) is 0 Å². The Hall–Kier alpha value is -0.410. The summed E-state index contributed by atoms with van der Waals surface area (Å²) in [7, 11) is 0. The van der Waals surface area contributed by atoms with Crippen molar-refractivity contribution in [2.75, 3.05) is 0 Å². The van der Waals surface area contributed by atoms with E-state index < -0.39 is 0 Å². The van der Waals surface area contributed by atoms with Crippen LogP contribution in [0.5, 0.6) is 0 Å². The van der Waals surface area contributed by atoms with Crippen LogP contribution in [0, 0.1) is 5.92 Å². The van der Waals surface area contributed by atoms with Crippen molar-refractivity contribution in [3.8, 4) is 0 Å². The zero-order valence-electron chi connectivity index (χ0n) is 13.0. The maximum Gasteiger partial charge on any atom is 0.110 e. The number of nitrogens with zero attached hydrogens (tertiary/aromatic N) is 1. The molecule has 1 aromatic rings. The first-order chi connectivity index (χ1) is 8.88. The highest BCUT2D eigenvalue weighted by atomic mass is 32.1. The molecule has 0 amide bonds. The summed E-state index contributed by atoms with van der Waals surface area (Å²) in [6.45, 7) is 11.2. The standard InChI is InChI=1S/C16H28N2S/c1-11(2)17-14(12-8-6-7-9-12)15-18-13(10-19-15)16(3,4)5/h10-12,14,17H,6-9H2,1-5H3. The largest absolute Gasteiger partial charge is 0.305 e. The topological polar surface area (TPSA) is 24.9 Å². The van der Waals surface area contributed by atoms with Crippen LogP contribution in [-0.4, -0.2) is 11.0 Å². The SMILES string of the molecule is CC(C)NC(c1nc(C(C)(C)C)cs1)C1CCCC1. The third kappa shape index (κ3) is 3.79. The highest BCUT2D eigenvalue weighted by Crippen LogP contribution is 2.38. The Balaban J connectivity index is 2.19. The van der Waals surface area contributed by atoms with Crippen molar-refractivity contribution >= 4 is 11.3 Å². The Morgan fingerprint density at radius 1 is 1.26 bits per heavy atom. The Labute approximate surface area is 122 Å². The molecular weight excluding hydrogens is 252 g/mol. The van der Waals surface area contributed by atoms with Gasteiger partial charge in [-0.1, -0.05) is 47.5 Å². The van der Waals surface area contributed by atoms with Gasteiger partial charge in [0.05, 0.1) is 11.7 Å². The lowest BCUT2D eigenvalue weighted by molar-refractivity contribution is 0.342. The lowest BCUT2D eigenvalue weighted by atomic mass is 9.93. The van der Waals surface area contributed by atoms with Crippen LogP contribution in [0.4, 0.5) is 0 Å². The van der Waals surface area contributed by atoms with Gasteiger partial charge < -0.3 is 5.32 Å². The second kappa shape index (κ2) is 5.92. The number of nitrogens with one attached hydrogen (secondary N) is 1. The van der Waals surface area contributed by atoms with Crippen LogP contribution in [0.15, 0.2) is 5.38 Å². The van der Waals surface area contributed by atoms with E-state index in [1.165, 1.54) is 36.4 Å². The zero-order valence-corrected chi connectivity index (χ0v) is 13.8. The van der Waals surface area contributed by atoms with Gasteiger partial charge in [0.2, 0.25) is 0 Å². The smallest absolute Gasteiger partial charge is 0.110 e. The molecule has 1 unspecified atom stereocenters. The highest BCUT2D eigenvalue weighted by molar-refractivity contribution is 7.09. The van der Waals surface area contributed by atoms with E-state index in [-0.39, 0.29) is 5.41 Å². The molecule has 1 saturated carbocycles. The predicted octanol–water partition coefficient (Wildman–Crippen LogP) is 4.67. The quantitative estimate of drug-likeness (QED) is 0.867. The average Bonchev–Trinajstić information content (AvgIpc) is 2.96. The van der Waals surface area contributed by atoms with Crippen LogP contribution >= 0.6 is 11.3 Å². The van der Waals surface area contributed by atoms with Crippen molar-refractivity contribution < 1.29 is 0 Å². The summed E-state index contributed by atoms with van der Waals surface area (Å²) in [5.41, 5.74) is 1.40. The third-order valence-electron chi connectivity index (χ3n) is 3.94. The minimum absolute atomic E-state index is 0.160. The molecule has 0 radical (unpaired) electrons. The normalized spacial score (nSPS) is 19.3. The Kier molecular flexibility index (Phi) is 4.67. The van der Waals surface area contributed by atoms with Crippen LogP contribution in [0.1, 0.15) is 77.0 Å². The minimum atomic E-state index is 0.160. The van der Waals surface area contributed by atoms with E-state index in [1.807, 2.05) is 11.3 Å². The van der Waals surface area contributed by atoms with Crippen molar-refractivity contribution in [2.45, 2.75) is 77.8 Å². The second-order valence-corrected chi connectivity index (χ2v) is 8.05. The van der Waals surface area contributed by atoms with Crippen molar-refractivity contribution in [1.82, 2.24) is 10.3 Å². The molecule has 1 fully saturated rings. The predicted molar refractivity (Wildman–Crippen MR) is 83.8 cm³/mol. The summed E-state index contributed by atoms with van der Waals surface area (Å²) in [5.74, 6) is 0.779. The summed E-state index contributed by atoms with van der Waals surface area (Å²) in [5, 5.41) is 7.30. The highest BCUT2D eigenvalue weighted by Gasteiger charge is 2.30. The van der Waals surface area contributed by atoms with Crippen molar-refractivity contribution in [3.63, 3.8) is 0 Å². The molecule has 0 saturated heterocycles. The van der Waals surface area contributed by atoms with Crippen molar-refractivity contribution in [1.29, 1.82) is 0 Å². The van der Waals surface area contributed by atoms with E-state index in [2.05, 4.69) is 45.3 Å². The van der Waals surface area contributed by atoms with Crippen LogP contribution < -0.4 is 5.32 Å². The average molecular weight is 280 g/mol. The summed E-state index contributed by atoms with van der Waals surface area (Å²) in [6, 6.07) is 0.983. The molecule has 0 aliphatic heterocycles. The molecule has 1 atom stereocenters. The molecule has 2 rings (SSSR count). The molecule has 2 nitrogen and oxygen atoms in total. The molecule has 108 valence electrons. The van der Waals surface area contributed by atoms with Gasteiger partial charge in [0.15, 0.2) is 0 Å². The molecular formula is C16H28N2S. The zero-order chi connectivity index (χ0) is 14.0. The molecule has 1 aromatic heterocycles. The van der Waals surface area contributed by atoms with Gasteiger partial charge in [0, 0.05) is 16.8 Å². The number of thiazole rings is 1. The summed E-state index contributed by atoms with van der Waals surface area (Å²) < 4.78 is 0. The molecule has 0 spiro atoms. The second-order valence-electron chi connectivity index (χ2n) is 7.16. The maximum atomic E-state index is 4.94. The first-order valence-corrected chi connectivity index (χ1v) is 8.48. The van der Waals surface area contributed by atoms with Crippen LogP contribution in [0.3, 0.4) is 0 Å². The molecule has 1 aliphatic rings. The summed E-state index contributed by atoms with van der Waals surface area (Å²) >= 11 is 1.84. The number of aromatic nitrogens is 1. The Bertz CT molecular complexity index is 397. The van der Waals surface area contributed by atoms with E-state index in [9.17, 15) is 0 Å². The fourth-order valence-electron chi connectivity index (χ4n) is 2.83. The van der Waals surface area contributed by atoms with Gasteiger partial charge in [0.25, 0.3) is 0 Å². The summed E-state index contributed by atoms with van der Waals surface area (Å²) in [4.78, 5) is 4.94. The molecule has 0 bridgehead atoms.